The molecule has 1 amide bonds. The number of nitrogens with zero attached hydrogens (tertiary/aromatic N) is 1. The summed E-state index contributed by atoms with van der Waals surface area (Å²) in [4.78, 5) is 26.0. The molecule has 0 radical (unpaired) electrons. The maximum atomic E-state index is 12.2. The Morgan fingerprint density at radius 1 is 1.33 bits per heavy atom. The Morgan fingerprint density at radius 3 is 2.88 bits per heavy atom. The van der Waals surface area contributed by atoms with Gasteiger partial charge in [0.25, 0.3) is 0 Å². The normalized spacial score (nSPS) is 18.0. The molecule has 1 atom stereocenters. The topological polar surface area (TPSA) is 67.9 Å². The summed E-state index contributed by atoms with van der Waals surface area (Å²) in [6.07, 6.45) is 1.74. The van der Waals surface area contributed by atoms with E-state index in [0.717, 1.165) is 30.7 Å². The Hall–Kier alpha value is -2.08. The van der Waals surface area contributed by atoms with E-state index in [9.17, 15) is 9.59 Å². The van der Waals surface area contributed by atoms with Crippen LogP contribution < -0.4 is 10.1 Å². The number of carbonyl (C=O) groups excluding carboxylic acids is 2. The molecule has 1 aliphatic heterocycles. The van der Waals surface area contributed by atoms with E-state index >= 15 is 0 Å². The predicted molar refractivity (Wildman–Crippen MR) is 90.6 cm³/mol. The van der Waals surface area contributed by atoms with Gasteiger partial charge in [-0.2, -0.15) is 0 Å². The third-order valence-corrected chi connectivity index (χ3v) is 4.16. The molecule has 0 saturated carbocycles. The highest BCUT2D eigenvalue weighted by molar-refractivity contribution is 5.78. The number of hydrogen-bond acceptors (Lipinski definition) is 5. The number of ether oxygens (including phenoxy) is 2. The second-order valence-corrected chi connectivity index (χ2v) is 5.91. The lowest BCUT2D eigenvalue weighted by molar-refractivity contribution is -0.150. The summed E-state index contributed by atoms with van der Waals surface area (Å²) in [5, 5.41) is 2.91. The Kier molecular flexibility index (Phi) is 7.06. The summed E-state index contributed by atoms with van der Waals surface area (Å²) >= 11 is 0. The van der Waals surface area contributed by atoms with Crippen molar-refractivity contribution >= 4 is 11.9 Å². The van der Waals surface area contributed by atoms with Crippen molar-refractivity contribution in [3.63, 3.8) is 0 Å². The van der Waals surface area contributed by atoms with E-state index in [1.165, 1.54) is 0 Å². The molecule has 0 aliphatic carbocycles. The van der Waals surface area contributed by atoms with E-state index in [1.807, 2.05) is 36.1 Å². The van der Waals surface area contributed by atoms with Crippen molar-refractivity contribution in [2.24, 2.45) is 5.92 Å². The van der Waals surface area contributed by atoms with Gasteiger partial charge >= 0.3 is 5.97 Å². The molecule has 0 bridgehead atoms. The van der Waals surface area contributed by atoms with Gasteiger partial charge in [-0.05, 0) is 32.4 Å². The molecular weight excluding hydrogens is 308 g/mol. The zero-order valence-electron chi connectivity index (χ0n) is 14.4. The van der Waals surface area contributed by atoms with Crippen molar-refractivity contribution in [2.45, 2.75) is 26.3 Å². The molecule has 1 saturated heterocycles. The first kappa shape index (κ1) is 18.3. The van der Waals surface area contributed by atoms with Gasteiger partial charge in [0.05, 0.1) is 26.2 Å². The molecule has 6 heteroatoms. The fraction of sp³-hybridized carbons (Fsp3) is 0.556. The van der Waals surface area contributed by atoms with E-state index in [2.05, 4.69) is 5.32 Å². The fourth-order valence-electron chi connectivity index (χ4n) is 2.95. The van der Waals surface area contributed by atoms with Crippen LogP contribution in [0.2, 0.25) is 0 Å². The van der Waals surface area contributed by atoms with Crippen LogP contribution in [-0.4, -0.2) is 50.1 Å². The number of piperidine rings is 1. The highest BCUT2D eigenvalue weighted by atomic mass is 16.5. The minimum absolute atomic E-state index is 0.0505. The van der Waals surface area contributed by atoms with Crippen molar-refractivity contribution in [3.05, 3.63) is 29.8 Å². The summed E-state index contributed by atoms with van der Waals surface area (Å²) in [5.41, 5.74) is 0.941. The van der Waals surface area contributed by atoms with Gasteiger partial charge in [0.15, 0.2) is 0 Å². The van der Waals surface area contributed by atoms with E-state index in [0.29, 0.717) is 26.2 Å². The Morgan fingerprint density at radius 2 is 2.12 bits per heavy atom. The van der Waals surface area contributed by atoms with Crippen LogP contribution in [0.4, 0.5) is 0 Å². The van der Waals surface area contributed by atoms with Crippen LogP contribution in [0.15, 0.2) is 24.3 Å². The number of nitrogens with one attached hydrogen (secondary N) is 1. The van der Waals surface area contributed by atoms with E-state index in [-0.39, 0.29) is 17.8 Å². The van der Waals surface area contributed by atoms with E-state index < -0.39 is 0 Å². The number of methoxy groups -OCH3 is 1. The first-order valence-electron chi connectivity index (χ1n) is 8.41. The number of benzene rings is 1. The number of esters is 1. The van der Waals surface area contributed by atoms with Gasteiger partial charge in [-0.15, -0.1) is 0 Å². The van der Waals surface area contributed by atoms with Crippen molar-refractivity contribution in [1.82, 2.24) is 10.2 Å². The number of likely N-dealkylation sites (tertiary alicyclic amines) is 1. The summed E-state index contributed by atoms with van der Waals surface area (Å²) in [6.45, 7) is 4.35. The quantitative estimate of drug-likeness (QED) is 0.767. The van der Waals surface area contributed by atoms with Crippen molar-refractivity contribution in [1.29, 1.82) is 0 Å². The Bertz CT molecular complexity index is 562. The minimum Gasteiger partial charge on any atom is -0.496 e. The lowest BCUT2D eigenvalue weighted by Crippen LogP contribution is -2.44. The smallest absolute Gasteiger partial charge is 0.310 e. The van der Waals surface area contributed by atoms with Crippen LogP contribution in [0.5, 0.6) is 5.75 Å². The maximum Gasteiger partial charge on any atom is 0.310 e. The monoisotopic (exact) mass is 334 g/mol. The van der Waals surface area contributed by atoms with Gasteiger partial charge in [-0.1, -0.05) is 18.2 Å². The van der Waals surface area contributed by atoms with Gasteiger partial charge in [0.1, 0.15) is 5.75 Å². The lowest BCUT2D eigenvalue weighted by atomic mass is 9.98. The molecule has 1 heterocycles. The van der Waals surface area contributed by atoms with Gasteiger partial charge in [0, 0.05) is 18.7 Å². The molecule has 1 unspecified atom stereocenters. The fourth-order valence-corrected chi connectivity index (χ4v) is 2.95. The van der Waals surface area contributed by atoms with Crippen LogP contribution in [0.25, 0.3) is 0 Å². The summed E-state index contributed by atoms with van der Waals surface area (Å²) in [7, 11) is 1.61. The number of carbonyl (C=O) groups is 2. The Balaban J connectivity index is 1.80. The second-order valence-electron chi connectivity index (χ2n) is 5.91. The third kappa shape index (κ3) is 5.23. The van der Waals surface area contributed by atoms with Gasteiger partial charge in [-0.3, -0.25) is 14.5 Å². The number of amides is 1. The molecule has 1 aromatic rings. The number of hydrogen-bond donors (Lipinski definition) is 1. The van der Waals surface area contributed by atoms with E-state index in [4.69, 9.17) is 9.47 Å². The predicted octanol–water partition coefficient (Wildman–Crippen LogP) is 1.59. The van der Waals surface area contributed by atoms with E-state index in [1.54, 1.807) is 7.11 Å². The molecule has 132 valence electrons. The molecule has 6 nitrogen and oxygen atoms in total. The number of rotatable bonds is 7. The summed E-state index contributed by atoms with van der Waals surface area (Å²) in [6, 6.07) is 7.61. The van der Waals surface area contributed by atoms with Crippen LogP contribution in [0.1, 0.15) is 25.3 Å². The van der Waals surface area contributed by atoms with Crippen molar-refractivity contribution in [2.75, 3.05) is 33.4 Å². The van der Waals surface area contributed by atoms with Crippen LogP contribution in [-0.2, 0) is 20.9 Å². The molecule has 1 fully saturated rings. The third-order valence-electron chi connectivity index (χ3n) is 4.16. The lowest BCUT2D eigenvalue weighted by Gasteiger charge is -2.30. The largest absolute Gasteiger partial charge is 0.496 e. The SMILES string of the molecule is CCOC(=O)C1CCCN(CC(=O)NCc2ccccc2OC)C1. The minimum atomic E-state index is -0.156. The molecule has 2 rings (SSSR count). The standard InChI is InChI=1S/C18H26N2O4/c1-3-24-18(22)15-8-6-10-20(12-15)13-17(21)19-11-14-7-4-5-9-16(14)23-2/h4-5,7,9,15H,3,6,8,10-13H2,1-2H3,(H,19,21). The zero-order valence-corrected chi connectivity index (χ0v) is 14.4. The molecule has 0 aromatic heterocycles. The van der Waals surface area contributed by atoms with Crippen LogP contribution in [0, 0.1) is 5.92 Å². The van der Waals surface area contributed by atoms with Gasteiger partial charge in [0.2, 0.25) is 5.91 Å². The average molecular weight is 334 g/mol. The second kappa shape index (κ2) is 9.27. The molecule has 1 aliphatic rings. The average Bonchev–Trinajstić information content (AvgIpc) is 2.60. The molecule has 1 N–H and O–H groups in total. The molecular formula is C18H26N2O4. The van der Waals surface area contributed by atoms with Crippen LogP contribution >= 0.6 is 0 Å². The number of para-hydroxylation sites is 1. The van der Waals surface area contributed by atoms with Crippen molar-refractivity contribution in [3.8, 4) is 5.75 Å². The summed E-state index contributed by atoms with van der Waals surface area (Å²) < 4.78 is 10.4. The first-order valence-corrected chi connectivity index (χ1v) is 8.41. The highest BCUT2D eigenvalue weighted by Crippen LogP contribution is 2.18. The first-order chi connectivity index (χ1) is 11.6. The van der Waals surface area contributed by atoms with Crippen molar-refractivity contribution < 1.29 is 19.1 Å². The molecule has 1 aromatic carbocycles. The maximum absolute atomic E-state index is 12.2. The highest BCUT2D eigenvalue weighted by Gasteiger charge is 2.27. The zero-order chi connectivity index (χ0) is 17.4. The van der Waals surface area contributed by atoms with Crippen LogP contribution in [0.3, 0.4) is 0 Å². The van der Waals surface area contributed by atoms with Gasteiger partial charge < -0.3 is 14.8 Å². The molecule has 0 spiro atoms. The summed E-state index contributed by atoms with van der Waals surface area (Å²) in [5.74, 6) is 0.431. The Labute approximate surface area is 143 Å². The van der Waals surface area contributed by atoms with Gasteiger partial charge in [-0.25, -0.2) is 0 Å². The molecule has 24 heavy (non-hydrogen) atoms.